The van der Waals surface area contributed by atoms with Crippen molar-refractivity contribution in [3.63, 3.8) is 0 Å². The Morgan fingerprint density at radius 3 is 2.50 bits per heavy atom. The molecule has 0 amide bonds. The number of aliphatic imine (C=N–C) groups is 1. The third-order valence-electron chi connectivity index (χ3n) is 1.42. The zero-order chi connectivity index (χ0) is 10.7. The third-order valence-corrected chi connectivity index (χ3v) is 1.69. The van der Waals surface area contributed by atoms with Crippen LogP contribution in [0.25, 0.3) is 0 Å². The number of halogens is 4. The van der Waals surface area contributed by atoms with Crippen LogP contribution in [-0.2, 0) is 0 Å². The van der Waals surface area contributed by atoms with E-state index in [2.05, 4.69) is 4.99 Å². The van der Waals surface area contributed by atoms with Crippen LogP contribution in [0.5, 0.6) is 0 Å². The molecule has 0 aliphatic carbocycles. The Morgan fingerprint density at radius 2 is 1.93 bits per heavy atom. The first-order valence-corrected chi connectivity index (χ1v) is 4.12. The Balaban J connectivity index is 3.18. The Hall–Kier alpha value is -1.23. The second-order valence-electron chi connectivity index (χ2n) is 2.43. The molecule has 14 heavy (non-hydrogen) atoms. The summed E-state index contributed by atoms with van der Waals surface area (Å²) >= 11 is 5.28. The van der Waals surface area contributed by atoms with E-state index in [1.165, 1.54) is 0 Å². The quantitative estimate of drug-likeness (QED) is 0.355. The third kappa shape index (κ3) is 2.17. The summed E-state index contributed by atoms with van der Waals surface area (Å²) < 4.78 is 38.0. The number of alkyl halides is 1. The first-order chi connectivity index (χ1) is 6.56. The monoisotopic (exact) mass is 222 g/mol. The molecule has 1 aromatic carbocycles. The number of hydrogen-bond donors (Lipinski definition) is 1. The van der Waals surface area contributed by atoms with Crippen LogP contribution < -0.4 is 5.73 Å². The summed E-state index contributed by atoms with van der Waals surface area (Å²) in [6.45, 7) is 0. The molecule has 0 aliphatic heterocycles. The standard InChI is InChI=1S/C8H6ClF3N2/c9-3-6(13)14-5-2-1-4(10)7(11)8(5)12/h1-2H,3H2,(H2,13,14). The summed E-state index contributed by atoms with van der Waals surface area (Å²) in [7, 11) is 0. The number of hydrogen-bond acceptors (Lipinski definition) is 1. The molecule has 6 heteroatoms. The van der Waals surface area contributed by atoms with Crippen LogP contribution >= 0.6 is 11.6 Å². The summed E-state index contributed by atoms with van der Waals surface area (Å²) in [5.41, 5.74) is 4.82. The van der Waals surface area contributed by atoms with Gasteiger partial charge in [-0.05, 0) is 12.1 Å². The molecule has 1 aromatic rings. The lowest BCUT2D eigenvalue weighted by molar-refractivity contribution is 0.448. The predicted molar refractivity (Wildman–Crippen MR) is 48.3 cm³/mol. The van der Waals surface area contributed by atoms with Gasteiger partial charge in [-0.25, -0.2) is 18.2 Å². The van der Waals surface area contributed by atoms with Gasteiger partial charge in [-0.15, -0.1) is 11.6 Å². The minimum Gasteiger partial charge on any atom is -0.386 e. The molecule has 0 aliphatic rings. The van der Waals surface area contributed by atoms with Gasteiger partial charge in [0.2, 0.25) is 0 Å². The molecule has 0 saturated heterocycles. The van der Waals surface area contributed by atoms with E-state index in [0.717, 1.165) is 12.1 Å². The lowest BCUT2D eigenvalue weighted by atomic mass is 10.3. The largest absolute Gasteiger partial charge is 0.386 e. The molecule has 0 heterocycles. The van der Waals surface area contributed by atoms with Gasteiger partial charge in [-0.2, -0.15) is 0 Å². The van der Waals surface area contributed by atoms with E-state index >= 15 is 0 Å². The molecule has 0 spiro atoms. The van der Waals surface area contributed by atoms with E-state index in [0.29, 0.717) is 0 Å². The van der Waals surface area contributed by atoms with Crippen molar-refractivity contribution < 1.29 is 13.2 Å². The first kappa shape index (κ1) is 10.8. The van der Waals surface area contributed by atoms with Crippen molar-refractivity contribution in [3.8, 4) is 0 Å². The summed E-state index contributed by atoms with van der Waals surface area (Å²) in [5.74, 6) is -4.41. The van der Waals surface area contributed by atoms with E-state index in [9.17, 15) is 13.2 Å². The maximum absolute atomic E-state index is 12.9. The zero-order valence-corrected chi connectivity index (χ0v) is 7.65. The van der Waals surface area contributed by atoms with E-state index in [4.69, 9.17) is 17.3 Å². The molecule has 0 fully saturated rings. The van der Waals surface area contributed by atoms with Gasteiger partial charge in [-0.1, -0.05) is 0 Å². The van der Waals surface area contributed by atoms with Crippen molar-refractivity contribution in [1.82, 2.24) is 0 Å². The van der Waals surface area contributed by atoms with Crippen LogP contribution in [0.3, 0.4) is 0 Å². The lowest BCUT2D eigenvalue weighted by Gasteiger charge is -2.00. The molecule has 0 radical (unpaired) electrons. The molecule has 0 aromatic heterocycles. The molecular weight excluding hydrogens is 217 g/mol. The van der Waals surface area contributed by atoms with Gasteiger partial charge in [0.1, 0.15) is 11.5 Å². The molecule has 2 N–H and O–H groups in total. The number of amidine groups is 1. The van der Waals surface area contributed by atoms with Gasteiger partial charge in [0.05, 0.1) is 5.88 Å². The van der Waals surface area contributed by atoms with Crippen molar-refractivity contribution in [2.45, 2.75) is 0 Å². The van der Waals surface area contributed by atoms with Crippen LogP contribution in [-0.4, -0.2) is 11.7 Å². The summed E-state index contributed by atoms with van der Waals surface area (Å²) in [6, 6.07) is 1.74. The number of nitrogens with two attached hydrogens (primary N) is 1. The van der Waals surface area contributed by atoms with Crippen molar-refractivity contribution in [2.24, 2.45) is 10.7 Å². The number of nitrogens with zero attached hydrogens (tertiary/aromatic N) is 1. The Kier molecular flexibility index (Phi) is 3.35. The van der Waals surface area contributed by atoms with Crippen LogP contribution in [0, 0.1) is 17.5 Å². The molecule has 76 valence electrons. The topological polar surface area (TPSA) is 38.4 Å². The van der Waals surface area contributed by atoms with Crippen molar-refractivity contribution in [1.29, 1.82) is 0 Å². The normalized spacial score (nSPS) is 11.9. The highest BCUT2D eigenvalue weighted by molar-refractivity contribution is 6.28. The second kappa shape index (κ2) is 4.32. The average Bonchev–Trinajstić information content (AvgIpc) is 2.19. The minimum atomic E-state index is -1.58. The van der Waals surface area contributed by atoms with Crippen LogP contribution in [0.4, 0.5) is 18.9 Å². The fourth-order valence-corrected chi connectivity index (χ4v) is 0.846. The van der Waals surface area contributed by atoms with Crippen LogP contribution in [0.15, 0.2) is 17.1 Å². The first-order valence-electron chi connectivity index (χ1n) is 3.58. The highest BCUT2D eigenvalue weighted by Crippen LogP contribution is 2.22. The van der Waals surface area contributed by atoms with E-state index < -0.39 is 17.5 Å². The Labute approximate surface area is 83.2 Å². The van der Waals surface area contributed by atoms with Crippen molar-refractivity contribution in [3.05, 3.63) is 29.6 Å². The summed E-state index contributed by atoms with van der Waals surface area (Å²) in [6.07, 6.45) is 0. The maximum atomic E-state index is 12.9. The second-order valence-corrected chi connectivity index (χ2v) is 2.70. The van der Waals surface area contributed by atoms with Gasteiger partial charge in [0.15, 0.2) is 17.5 Å². The van der Waals surface area contributed by atoms with Gasteiger partial charge in [-0.3, -0.25) is 0 Å². The SMILES string of the molecule is NC(CCl)=Nc1ccc(F)c(F)c1F. The smallest absolute Gasteiger partial charge is 0.196 e. The highest BCUT2D eigenvalue weighted by Gasteiger charge is 2.12. The fraction of sp³-hybridized carbons (Fsp3) is 0.125. The molecule has 1 rings (SSSR count). The van der Waals surface area contributed by atoms with Crippen molar-refractivity contribution in [2.75, 3.05) is 5.88 Å². The van der Waals surface area contributed by atoms with Crippen molar-refractivity contribution >= 4 is 23.1 Å². The van der Waals surface area contributed by atoms with Gasteiger partial charge in [0.25, 0.3) is 0 Å². The van der Waals surface area contributed by atoms with Gasteiger partial charge in [0, 0.05) is 0 Å². The summed E-state index contributed by atoms with van der Waals surface area (Å²) in [5, 5.41) is 0. The minimum absolute atomic E-state index is 0.0726. The maximum Gasteiger partial charge on any atom is 0.196 e. The fourth-order valence-electron chi connectivity index (χ4n) is 0.787. The van der Waals surface area contributed by atoms with Gasteiger partial charge >= 0.3 is 0 Å². The Morgan fingerprint density at radius 1 is 1.29 bits per heavy atom. The number of benzene rings is 1. The van der Waals surface area contributed by atoms with E-state index in [1.807, 2.05) is 0 Å². The molecule has 0 unspecified atom stereocenters. The molecular formula is C8H6ClF3N2. The number of rotatable bonds is 2. The lowest BCUT2D eigenvalue weighted by Crippen LogP contribution is -2.12. The van der Waals surface area contributed by atoms with E-state index in [1.54, 1.807) is 0 Å². The van der Waals surface area contributed by atoms with Gasteiger partial charge < -0.3 is 5.73 Å². The molecule has 0 atom stereocenters. The average molecular weight is 223 g/mol. The summed E-state index contributed by atoms with van der Waals surface area (Å²) in [4.78, 5) is 3.46. The zero-order valence-electron chi connectivity index (χ0n) is 6.90. The highest BCUT2D eigenvalue weighted by atomic mass is 35.5. The van der Waals surface area contributed by atoms with E-state index in [-0.39, 0.29) is 17.4 Å². The molecule has 0 bridgehead atoms. The molecule has 2 nitrogen and oxygen atoms in total. The molecule has 0 saturated carbocycles. The Bertz CT molecular complexity index is 379. The van der Waals surface area contributed by atoms with Crippen LogP contribution in [0.1, 0.15) is 0 Å². The predicted octanol–water partition coefficient (Wildman–Crippen LogP) is 2.33. The van der Waals surface area contributed by atoms with Crippen LogP contribution in [0.2, 0.25) is 0 Å².